The molecule has 0 spiro atoms. The van der Waals surface area contributed by atoms with Gasteiger partial charge in [-0.15, -0.1) is 0 Å². The molecule has 1 aromatic carbocycles. The Kier molecular flexibility index (Phi) is 4.16. The third-order valence-electron chi connectivity index (χ3n) is 2.50. The minimum Gasteiger partial charge on any atom is -0.490 e. The quantitative estimate of drug-likeness (QED) is 0.886. The lowest BCUT2D eigenvalue weighted by molar-refractivity contribution is 0.419. The van der Waals surface area contributed by atoms with Crippen molar-refractivity contribution in [2.24, 2.45) is 0 Å². The highest BCUT2D eigenvalue weighted by atomic mass is 32.1. The van der Waals surface area contributed by atoms with Crippen LogP contribution in [0.25, 0.3) is 0 Å². The number of nitrogens with one attached hydrogen (secondary N) is 1. The van der Waals surface area contributed by atoms with Crippen LogP contribution < -0.4 is 15.8 Å². The lowest BCUT2D eigenvalue weighted by Crippen LogP contribution is -2.05. The molecule has 1 aromatic heterocycles. The van der Waals surface area contributed by atoms with E-state index in [1.54, 1.807) is 0 Å². The summed E-state index contributed by atoms with van der Waals surface area (Å²) in [7, 11) is 1.51. The van der Waals surface area contributed by atoms with E-state index in [0.29, 0.717) is 35.1 Å². The zero-order chi connectivity index (χ0) is 13.8. The molecule has 7 heteroatoms. The zero-order valence-electron chi connectivity index (χ0n) is 10.2. The fraction of sp³-hybridized carbons (Fsp3) is 0.250. The maximum absolute atomic E-state index is 13.0. The molecule has 0 amide bonds. The Morgan fingerprint density at radius 1 is 1.32 bits per heavy atom. The molecule has 0 radical (unpaired) electrons. The highest BCUT2D eigenvalue weighted by Gasteiger charge is 2.11. The average molecular weight is 285 g/mol. The highest BCUT2D eigenvalue weighted by molar-refractivity contribution is 7.11. The van der Waals surface area contributed by atoms with Gasteiger partial charge in [0.05, 0.1) is 7.11 Å². The number of rotatable bonds is 5. The summed E-state index contributed by atoms with van der Waals surface area (Å²) in [4.78, 5) is 0. The monoisotopic (exact) mass is 285 g/mol. The molecule has 0 atom stereocenters. The van der Waals surface area contributed by atoms with Crippen LogP contribution in [0.2, 0.25) is 0 Å². The number of methoxy groups -OCH3 is 1. The molecular formula is C12H13F2N3OS. The van der Waals surface area contributed by atoms with Gasteiger partial charge in [-0.1, -0.05) is 0 Å². The average Bonchev–Trinajstić information content (AvgIpc) is 2.69. The van der Waals surface area contributed by atoms with Gasteiger partial charge in [-0.25, -0.2) is 8.78 Å². The lowest BCUT2D eigenvalue weighted by atomic mass is 10.1. The fourth-order valence-corrected chi connectivity index (χ4v) is 2.39. The number of nitrogens with two attached hydrogens (primary N) is 1. The lowest BCUT2D eigenvalue weighted by Gasteiger charge is -2.06. The summed E-state index contributed by atoms with van der Waals surface area (Å²) in [5, 5.41) is 3.78. The molecule has 2 rings (SSSR count). The smallest absolute Gasteiger partial charge is 0.197 e. The molecule has 0 aliphatic carbocycles. The minimum absolute atomic E-state index is 0.326. The first-order chi connectivity index (χ1) is 9.10. The second-order valence-electron chi connectivity index (χ2n) is 3.88. The van der Waals surface area contributed by atoms with Crippen molar-refractivity contribution in [3.8, 4) is 5.75 Å². The van der Waals surface area contributed by atoms with E-state index in [2.05, 4.69) is 9.69 Å². The number of benzene rings is 1. The number of ether oxygens (including phenoxy) is 1. The van der Waals surface area contributed by atoms with Gasteiger partial charge >= 0.3 is 0 Å². The predicted octanol–water partition coefficient (Wildman–Crippen LogP) is 2.67. The zero-order valence-corrected chi connectivity index (χ0v) is 11.1. The van der Waals surface area contributed by atoms with Gasteiger partial charge in [-0.3, -0.25) is 0 Å². The van der Waals surface area contributed by atoms with Crippen molar-refractivity contribution < 1.29 is 13.5 Å². The van der Waals surface area contributed by atoms with Crippen molar-refractivity contribution in [3.05, 3.63) is 35.4 Å². The fourth-order valence-electron chi connectivity index (χ4n) is 1.68. The van der Waals surface area contributed by atoms with Crippen LogP contribution in [0.1, 0.15) is 5.56 Å². The van der Waals surface area contributed by atoms with Gasteiger partial charge in [0, 0.05) is 12.6 Å². The van der Waals surface area contributed by atoms with Crippen molar-refractivity contribution in [2.75, 3.05) is 24.7 Å². The molecule has 0 bridgehead atoms. The van der Waals surface area contributed by atoms with Crippen LogP contribution in [0.5, 0.6) is 5.75 Å². The minimum atomic E-state index is -0.574. The van der Waals surface area contributed by atoms with Crippen LogP contribution in [0.3, 0.4) is 0 Å². The third kappa shape index (κ3) is 3.31. The molecule has 1 heterocycles. The number of aromatic nitrogens is 1. The summed E-state index contributed by atoms with van der Waals surface area (Å²) in [5.41, 5.74) is 6.19. The first-order valence-electron chi connectivity index (χ1n) is 5.58. The number of hydrogen-bond acceptors (Lipinski definition) is 5. The van der Waals surface area contributed by atoms with Gasteiger partial charge in [0.25, 0.3) is 0 Å². The molecule has 3 N–H and O–H groups in total. The Labute approximate surface area is 113 Å². The van der Waals surface area contributed by atoms with Crippen LogP contribution in [0.15, 0.2) is 18.2 Å². The Morgan fingerprint density at radius 3 is 2.63 bits per heavy atom. The van der Waals surface area contributed by atoms with E-state index in [1.165, 1.54) is 30.8 Å². The van der Waals surface area contributed by atoms with E-state index in [4.69, 9.17) is 10.5 Å². The standard InChI is InChI=1S/C12H13F2N3OS/c1-18-10-11(15)17-19-12(10)16-3-2-7-4-8(13)6-9(14)5-7/h4-6,16H,2-3H2,1H3,(H2,15,17). The van der Waals surface area contributed by atoms with Crippen molar-refractivity contribution in [1.82, 2.24) is 4.37 Å². The van der Waals surface area contributed by atoms with E-state index in [0.717, 1.165) is 6.07 Å². The maximum Gasteiger partial charge on any atom is 0.197 e. The second kappa shape index (κ2) is 5.83. The van der Waals surface area contributed by atoms with Crippen molar-refractivity contribution in [2.45, 2.75) is 6.42 Å². The molecule has 0 unspecified atom stereocenters. The van der Waals surface area contributed by atoms with Crippen LogP contribution in [0, 0.1) is 11.6 Å². The number of nitrogens with zero attached hydrogens (tertiary/aromatic N) is 1. The normalized spacial score (nSPS) is 10.5. The van der Waals surface area contributed by atoms with Gasteiger partial charge in [0.15, 0.2) is 16.6 Å². The molecule has 0 fully saturated rings. The predicted molar refractivity (Wildman–Crippen MR) is 71.6 cm³/mol. The molecule has 4 nitrogen and oxygen atoms in total. The van der Waals surface area contributed by atoms with Gasteiger partial charge in [0.2, 0.25) is 0 Å². The van der Waals surface area contributed by atoms with E-state index >= 15 is 0 Å². The molecule has 2 aromatic rings. The maximum atomic E-state index is 13.0. The van der Waals surface area contributed by atoms with Gasteiger partial charge in [-0.05, 0) is 35.6 Å². The molecule has 0 saturated carbocycles. The Hall–Kier alpha value is -1.89. The summed E-state index contributed by atoms with van der Waals surface area (Å²) in [6.07, 6.45) is 0.482. The SMILES string of the molecule is COc1c(N)nsc1NCCc1cc(F)cc(F)c1. The van der Waals surface area contributed by atoms with E-state index < -0.39 is 11.6 Å². The van der Waals surface area contributed by atoms with Gasteiger partial charge < -0.3 is 15.8 Å². The Balaban J connectivity index is 1.96. The number of anilines is 2. The molecule has 0 aliphatic rings. The molecule has 19 heavy (non-hydrogen) atoms. The van der Waals surface area contributed by atoms with Crippen molar-refractivity contribution in [1.29, 1.82) is 0 Å². The van der Waals surface area contributed by atoms with Crippen molar-refractivity contribution in [3.63, 3.8) is 0 Å². The van der Waals surface area contributed by atoms with Crippen LogP contribution in [0.4, 0.5) is 19.6 Å². The number of halogens is 2. The van der Waals surface area contributed by atoms with Crippen LogP contribution in [-0.4, -0.2) is 18.0 Å². The number of nitrogen functional groups attached to an aromatic ring is 1. The molecular weight excluding hydrogens is 272 g/mol. The van der Waals surface area contributed by atoms with E-state index in [9.17, 15) is 8.78 Å². The molecule has 102 valence electrons. The van der Waals surface area contributed by atoms with E-state index in [1.807, 2.05) is 0 Å². The summed E-state index contributed by atoms with van der Waals surface area (Å²) in [5.74, 6) is -0.327. The summed E-state index contributed by atoms with van der Waals surface area (Å²) in [6, 6.07) is 3.47. The largest absolute Gasteiger partial charge is 0.490 e. The number of hydrogen-bond donors (Lipinski definition) is 2. The van der Waals surface area contributed by atoms with Crippen molar-refractivity contribution >= 4 is 22.4 Å². The summed E-state index contributed by atoms with van der Waals surface area (Å²) < 4.78 is 35.0. The second-order valence-corrected chi connectivity index (χ2v) is 4.66. The highest BCUT2D eigenvalue weighted by Crippen LogP contribution is 2.34. The molecule has 0 saturated heterocycles. The molecule has 0 aliphatic heterocycles. The first kappa shape index (κ1) is 13.5. The van der Waals surface area contributed by atoms with Gasteiger partial charge in [0.1, 0.15) is 11.6 Å². The Morgan fingerprint density at radius 2 is 2.00 bits per heavy atom. The summed E-state index contributed by atoms with van der Waals surface area (Å²) in [6.45, 7) is 0.501. The third-order valence-corrected chi connectivity index (χ3v) is 3.30. The van der Waals surface area contributed by atoms with E-state index in [-0.39, 0.29) is 0 Å². The Bertz CT molecular complexity index is 554. The first-order valence-corrected chi connectivity index (χ1v) is 6.35. The van der Waals surface area contributed by atoms with Gasteiger partial charge in [-0.2, -0.15) is 4.37 Å². The topological polar surface area (TPSA) is 60.2 Å². The van der Waals surface area contributed by atoms with Crippen LogP contribution in [-0.2, 0) is 6.42 Å². The summed E-state index contributed by atoms with van der Waals surface area (Å²) >= 11 is 1.18. The van der Waals surface area contributed by atoms with Crippen LogP contribution >= 0.6 is 11.5 Å².